The summed E-state index contributed by atoms with van der Waals surface area (Å²) in [6.45, 7) is 5.13. The van der Waals surface area contributed by atoms with Crippen molar-refractivity contribution < 1.29 is 4.39 Å². The molecule has 1 atom stereocenters. The predicted octanol–water partition coefficient (Wildman–Crippen LogP) is 3.10. The van der Waals surface area contributed by atoms with Crippen molar-refractivity contribution in [1.82, 2.24) is 10.3 Å². The summed E-state index contributed by atoms with van der Waals surface area (Å²) < 4.78 is 13.5. The van der Waals surface area contributed by atoms with Gasteiger partial charge in [-0.25, -0.2) is 9.37 Å². The number of hydrogen-bond acceptors (Lipinski definition) is 3. The quantitative estimate of drug-likeness (QED) is 0.916. The van der Waals surface area contributed by atoms with E-state index in [1.165, 1.54) is 38.3 Å². The van der Waals surface area contributed by atoms with Gasteiger partial charge in [0.25, 0.3) is 0 Å². The van der Waals surface area contributed by atoms with Crippen LogP contribution in [0.2, 0.25) is 0 Å². The SMILES string of the molecule is CC1CCCN(c2ncc(F)cc2CNC2CC2)CC1. The maximum absolute atomic E-state index is 13.5. The molecule has 0 spiro atoms. The lowest BCUT2D eigenvalue weighted by atomic mass is 10.0. The van der Waals surface area contributed by atoms with Crippen molar-refractivity contribution in [2.24, 2.45) is 5.92 Å². The monoisotopic (exact) mass is 277 g/mol. The zero-order valence-electron chi connectivity index (χ0n) is 12.2. The van der Waals surface area contributed by atoms with Crippen LogP contribution in [0.25, 0.3) is 0 Å². The fourth-order valence-electron chi connectivity index (χ4n) is 2.91. The highest BCUT2D eigenvalue weighted by Crippen LogP contribution is 2.26. The number of nitrogens with zero attached hydrogens (tertiary/aromatic N) is 2. The number of hydrogen-bond donors (Lipinski definition) is 1. The van der Waals surface area contributed by atoms with Crippen molar-refractivity contribution in [2.45, 2.75) is 51.6 Å². The van der Waals surface area contributed by atoms with E-state index < -0.39 is 0 Å². The number of anilines is 1. The van der Waals surface area contributed by atoms with E-state index >= 15 is 0 Å². The summed E-state index contributed by atoms with van der Waals surface area (Å²) in [5.74, 6) is 1.53. The van der Waals surface area contributed by atoms with Crippen molar-refractivity contribution >= 4 is 5.82 Å². The van der Waals surface area contributed by atoms with Gasteiger partial charge in [-0.3, -0.25) is 0 Å². The highest BCUT2D eigenvalue weighted by Gasteiger charge is 2.22. The molecule has 1 aliphatic heterocycles. The zero-order valence-corrected chi connectivity index (χ0v) is 12.2. The van der Waals surface area contributed by atoms with Gasteiger partial charge >= 0.3 is 0 Å². The molecule has 1 unspecified atom stereocenters. The molecule has 1 N–H and O–H groups in total. The normalized spacial score (nSPS) is 23.7. The van der Waals surface area contributed by atoms with Gasteiger partial charge in [0.1, 0.15) is 11.6 Å². The topological polar surface area (TPSA) is 28.2 Å². The second kappa shape index (κ2) is 6.08. The first kappa shape index (κ1) is 13.8. The highest BCUT2D eigenvalue weighted by molar-refractivity contribution is 5.47. The molecule has 1 aromatic heterocycles. The summed E-state index contributed by atoms with van der Waals surface area (Å²) in [4.78, 5) is 6.72. The number of halogens is 1. The fourth-order valence-corrected chi connectivity index (χ4v) is 2.91. The van der Waals surface area contributed by atoms with E-state index in [-0.39, 0.29) is 5.82 Å². The summed E-state index contributed by atoms with van der Waals surface area (Å²) in [6.07, 6.45) is 7.54. The van der Waals surface area contributed by atoms with Crippen LogP contribution in [-0.4, -0.2) is 24.1 Å². The molecule has 110 valence electrons. The van der Waals surface area contributed by atoms with Crippen molar-refractivity contribution in [3.63, 3.8) is 0 Å². The number of pyridine rings is 1. The first-order chi connectivity index (χ1) is 9.72. The molecule has 20 heavy (non-hydrogen) atoms. The molecule has 1 aliphatic carbocycles. The van der Waals surface area contributed by atoms with Gasteiger partial charge in [0, 0.05) is 31.2 Å². The summed E-state index contributed by atoms with van der Waals surface area (Å²) >= 11 is 0. The van der Waals surface area contributed by atoms with Gasteiger partial charge in [-0.15, -0.1) is 0 Å². The van der Waals surface area contributed by atoms with E-state index in [2.05, 4.69) is 22.1 Å². The third-order valence-corrected chi connectivity index (χ3v) is 4.38. The van der Waals surface area contributed by atoms with Crippen LogP contribution in [-0.2, 0) is 6.54 Å². The molecule has 1 saturated heterocycles. The second-order valence-corrected chi connectivity index (χ2v) is 6.31. The molecule has 0 aromatic carbocycles. The molecule has 2 fully saturated rings. The van der Waals surface area contributed by atoms with Crippen LogP contribution in [0.4, 0.5) is 10.2 Å². The van der Waals surface area contributed by atoms with Crippen molar-refractivity contribution in [2.75, 3.05) is 18.0 Å². The van der Waals surface area contributed by atoms with Crippen molar-refractivity contribution in [3.05, 3.63) is 23.6 Å². The van der Waals surface area contributed by atoms with Crippen LogP contribution in [0.3, 0.4) is 0 Å². The van der Waals surface area contributed by atoms with Gasteiger partial charge in [0.05, 0.1) is 6.20 Å². The Kier molecular flexibility index (Phi) is 4.20. The summed E-state index contributed by atoms with van der Waals surface area (Å²) in [7, 11) is 0. The Morgan fingerprint density at radius 1 is 1.30 bits per heavy atom. The molecule has 0 radical (unpaired) electrons. The second-order valence-electron chi connectivity index (χ2n) is 6.31. The number of rotatable bonds is 4. The third kappa shape index (κ3) is 3.48. The van der Waals surface area contributed by atoms with E-state index in [9.17, 15) is 4.39 Å². The molecule has 3 rings (SSSR count). The Bertz CT molecular complexity index is 459. The van der Waals surface area contributed by atoms with Gasteiger partial charge in [-0.1, -0.05) is 6.92 Å². The van der Waals surface area contributed by atoms with Crippen LogP contribution in [0.1, 0.15) is 44.6 Å². The molecule has 2 heterocycles. The van der Waals surface area contributed by atoms with Crippen molar-refractivity contribution in [1.29, 1.82) is 0 Å². The molecule has 1 aromatic rings. The van der Waals surface area contributed by atoms with Gasteiger partial charge < -0.3 is 10.2 Å². The molecular weight excluding hydrogens is 253 g/mol. The molecule has 4 heteroatoms. The molecular formula is C16H24FN3. The Morgan fingerprint density at radius 3 is 2.95 bits per heavy atom. The predicted molar refractivity (Wildman–Crippen MR) is 79.3 cm³/mol. The minimum atomic E-state index is -0.232. The molecule has 2 aliphatic rings. The first-order valence-electron chi connectivity index (χ1n) is 7.85. The minimum absolute atomic E-state index is 0.232. The Labute approximate surface area is 120 Å². The highest BCUT2D eigenvalue weighted by atomic mass is 19.1. The average Bonchev–Trinajstić information content (AvgIpc) is 3.25. The summed E-state index contributed by atoms with van der Waals surface area (Å²) in [6, 6.07) is 2.28. The van der Waals surface area contributed by atoms with E-state index in [1.807, 2.05) is 0 Å². The summed E-state index contributed by atoms with van der Waals surface area (Å²) in [5, 5.41) is 3.47. The maximum Gasteiger partial charge on any atom is 0.141 e. The van der Waals surface area contributed by atoms with Crippen molar-refractivity contribution in [3.8, 4) is 0 Å². The van der Waals surface area contributed by atoms with Gasteiger partial charge in [-0.05, 0) is 44.1 Å². The maximum atomic E-state index is 13.5. The van der Waals surface area contributed by atoms with E-state index in [0.29, 0.717) is 6.04 Å². The number of nitrogens with one attached hydrogen (secondary N) is 1. The lowest BCUT2D eigenvalue weighted by Crippen LogP contribution is -2.28. The lowest BCUT2D eigenvalue weighted by Gasteiger charge is -2.24. The first-order valence-corrected chi connectivity index (χ1v) is 7.85. The Hall–Kier alpha value is -1.16. The molecule has 3 nitrogen and oxygen atoms in total. The number of aromatic nitrogens is 1. The van der Waals surface area contributed by atoms with Crippen LogP contribution in [0.5, 0.6) is 0 Å². The van der Waals surface area contributed by atoms with E-state index in [1.54, 1.807) is 6.07 Å². The van der Waals surface area contributed by atoms with Gasteiger partial charge in [-0.2, -0.15) is 0 Å². The van der Waals surface area contributed by atoms with Gasteiger partial charge in [0.15, 0.2) is 0 Å². The Morgan fingerprint density at radius 2 is 2.15 bits per heavy atom. The molecule has 0 bridgehead atoms. The van der Waals surface area contributed by atoms with Gasteiger partial charge in [0.2, 0.25) is 0 Å². The third-order valence-electron chi connectivity index (χ3n) is 4.38. The van der Waals surface area contributed by atoms with E-state index in [4.69, 9.17) is 0 Å². The van der Waals surface area contributed by atoms with Crippen LogP contribution in [0.15, 0.2) is 12.3 Å². The summed E-state index contributed by atoms with van der Waals surface area (Å²) in [5.41, 5.74) is 1.01. The largest absolute Gasteiger partial charge is 0.356 e. The smallest absolute Gasteiger partial charge is 0.141 e. The molecule has 0 amide bonds. The van der Waals surface area contributed by atoms with E-state index in [0.717, 1.165) is 36.9 Å². The minimum Gasteiger partial charge on any atom is -0.356 e. The zero-order chi connectivity index (χ0) is 13.9. The average molecular weight is 277 g/mol. The van der Waals surface area contributed by atoms with Crippen LogP contribution in [0, 0.1) is 11.7 Å². The molecule has 1 saturated carbocycles. The Balaban J connectivity index is 1.75. The van der Waals surface area contributed by atoms with Crippen LogP contribution < -0.4 is 10.2 Å². The standard InChI is InChI=1S/C16H24FN3/c1-12-3-2-7-20(8-6-12)16-13(9-14(17)11-19-16)10-18-15-4-5-15/h9,11-12,15,18H,2-8,10H2,1H3. The lowest BCUT2D eigenvalue weighted by molar-refractivity contribution is 0.521. The van der Waals surface area contributed by atoms with Crippen LogP contribution >= 0.6 is 0 Å². The fraction of sp³-hybridized carbons (Fsp3) is 0.688.